The molecule has 0 saturated heterocycles. The molecule has 19 heavy (non-hydrogen) atoms. The van der Waals surface area contributed by atoms with Gasteiger partial charge in [-0.15, -0.1) is 11.3 Å². The Labute approximate surface area is 118 Å². The Balaban J connectivity index is 2.24. The Hall–Kier alpha value is -1.08. The Morgan fingerprint density at radius 2 is 2.11 bits per heavy atom. The van der Waals surface area contributed by atoms with E-state index in [-0.39, 0.29) is 6.61 Å². The summed E-state index contributed by atoms with van der Waals surface area (Å²) >= 11 is 2.70. The summed E-state index contributed by atoms with van der Waals surface area (Å²) in [4.78, 5) is 11.6. The third-order valence-electron chi connectivity index (χ3n) is 2.66. The summed E-state index contributed by atoms with van der Waals surface area (Å²) in [6.45, 7) is -0.275. The van der Waals surface area contributed by atoms with Gasteiger partial charge in [0.05, 0.1) is 12.7 Å². The number of carboxylic acid groups (broad SMARTS) is 1. The molecule has 102 valence electrons. The quantitative estimate of drug-likeness (QED) is 0.762. The number of aliphatic hydroxyl groups excluding tert-OH is 2. The lowest BCUT2D eigenvalue weighted by molar-refractivity contribution is 0.0701. The van der Waals surface area contributed by atoms with Gasteiger partial charge in [0.1, 0.15) is 4.88 Å². The zero-order valence-electron chi connectivity index (χ0n) is 10.1. The SMILES string of the molecule is O=C(O)c1sc2ccccc2c1CSCC(O)CO. The van der Waals surface area contributed by atoms with E-state index in [4.69, 9.17) is 5.11 Å². The number of carbonyl (C=O) groups is 1. The zero-order valence-corrected chi connectivity index (χ0v) is 11.7. The van der Waals surface area contributed by atoms with Crippen molar-refractivity contribution in [3.8, 4) is 0 Å². The third-order valence-corrected chi connectivity index (χ3v) is 4.97. The van der Waals surface area contributed by atoms with Crippen LogP contribution in [0.25, 0.3) is 10.1 Å². The molecular formula is C13H14O4S2. The van der Waals surface area contributed by atoms with Gasteiger partial charge in [0.2, 0.25) is 0 Å². The second kappa shape index (κ2) is 6.38. The highest BCUT2D eigenvalue weighted by Crippen LogP contribution is 2.33. The molecule has 1 unspecified atom stereocenters. The summed E-state index contributed by atoms with van der Waals surface area (Å²) in [6, 6.07) is 7.59. The van der Waals surface area contributed by atoms with Crippen LogP contribution in [0.5, 0.6) is 0 Å². The Morgan fingerprint density at radius 3 is 2.79 bits per heavy atom. The predicted molar refractivity (Wildman–Crippen MR) is 78.0 cm³/mol. The van der Waals surface area contributed by atoms with E-state index < -0.39 is 12.1 Å². The maximum absolute atomic E-state index is 11.3. The lowest BCUT2D eigenvalue weighted by atomic mass is 10.1. The van der Waals surface area contributed by atoms with E-state index in [9.17, 15) is 15.0 Å². The molecule has 0 fully saturated rings. The molecule has 0 radical (unpaired) electrons. The van der Waals surface area contributed by atoms with Crippen LogP contribution in [0, 0.1) is 0 Å². The summed E-state index contributed by atoms with van der Waals surface area (Å²) in [7, 11) is 0. The molecule has 0 amide bonds. The van der Waals surface area contributed by atoms with Crippen molar-refractivity contribution in [2.24, 2.45) is 0 Å². The van der Waals surface area contributed by atoms with Gasteiger partial charge in [-0.05, 0) is 17.0 Å². The summed E-state index contributed by atoms with van der Waals surface area (Å²) in [6.07, 6.45) is -0.761. The van der Waals surface area contributed by atoms with Crippen molar-refractivity contribution in [1.82, 2.24) is 0 Å². The van der Waals surface area contributed by atoms with E-state index in [0.717, 1.165) is 15.6 Å². The van der Waals surface area contributed by atoms with Crippen LogP contribution in [0.15, 0.2) is 24.3 Å². The summed E-state index contributed by atoms with van der Waals surface area (Å²) < 4.78 is 0.957. The average Bonchev–Trinajstić information content (AvgIpc) is 2.78. The number of thiophene rings is 1. The average molecular weight is 298 g/mol. The van der Waals surface area contributed by atoms with Gasteiger partial charge in [0, 0.05) is 16.2 Å². The van der Waals surface area contributed by atoms with Gasteiger partial charge in [-0.3, -0.25) is 0 Å². The molecule has 2 aromatic rings. The summed E-state index contributed by atoms with van der Waals surface area (Å²) in [5.74, 6) is -0.0119. The van der Waals surface area contributed by atoms with Crippen molar-refractivity contribution < 1.29 is 20.1 Å². The van der Waals surface area contributed by atoms with Gasteiger partial charge in [0.25, 0.3) is 0 Å². The van der Waals surface area contributed by atoms with Gasteiger partial charge in [-0.1, -0.05) is 18.2 Å². The smallest absolute Gasteiger partial charge is 0.346 e. The van der Waals surface area contributed by atoms with E-state index in [1.165, 1.54) is 23.1 Å². The predicted octanol–water partition coefficient (Wildman–Crippen LogP) is 2.19. The molecule has 0 bridgehead atoms. The van der Waals surface area contributed by atoms with Crippen molar-refractivity contribution >= 4 is 39.2 Å². The zero-order chi connectivity index (χ0) is 13.8. The van der Waals surface area contributed by atoms with Gasteiger partial charge in [0.15, 0.2) is 0 Å². The Morgan fingerprint density at radius 1 is 1.37 bits per heavy atom. The van der Waals surface area contributed by atoms with Crippen molar-refractivity contribution in [1.29, 1.82) is 0 Å². The summed E-state index contributed by atoms with van der Waals surface area (Å²) in [5.41, 5.74) is 0.795. The minimum absolute atomic E-state index is 0.275. The topological polar surface area (TPSA) is 77.8 Å². The van der Waals surface area contributed by atoms with Crippen LogP contribution in [-0.2, 0) is 5.75 Å². The number of rotatable bonds is 6. The van der Waals surface area contributed by atoms with Crippen molar-refractivity contribution in [2.75, 3.05) is 12.4 Å². The van der Waals surface area contributed by atoms with Crippen LogP contribution in [0.4, 0.5) is 0 Å². The number of carboxylic acids is 1. The Kier molecular flexibility index (Phi) is 4.81. The molecule has 2 rings (SSSR count). The molecule has 6 heteroatoms. The van der Waals surface area contributed by atoms with Crippen molar-refractivity contribution in [3.63, 3.8) is 0 Å². The molecule has 1 atom stereocenters. The first-order valence-electron chi connectivity index (χ1n) is 5.74. The maximum Gasteiger partial charge on any atom is 0.346 e. The number of aromatic carboxylic acids is 1. The van der Waals surface area contributed by atoms with Crippen molar-refractivity contribution in [2.45, 2.75) is 11.9 Å². The minimum Gasteiger partial charge on any atom is -0.477 e. The highest BCUT2D eigenvalue weighted by molar-refractivity contribution is 7.98. The van der Waals surface area contributed by atoms with Gasteiger partial charge in [-0.2, -0.15) is 11.8 Å². The lowest BCUT2D eigenvalue weighted by Gasteiger charge is -2.06. The van der Waals surface area contributed by atoms with Crippen molar-refractivity contribution in [3.05, 3.63) is 34.7 Å². The van der Waals surface area contributed by atoms with E-state index >= 15 is 0 Å². The first-order valence-corrected chi connectivity index (χ1v) is 7.71. The van der Waals surface area contributed by atoms with E-state index in [2.05, 4.69) is 0 Å². The first-order chi connectivity index (χ1) is 9.13. The number of thioether (sulfide) groups is 1. The van der Waals surface area contributed by atoms with E-state index in [1.807, 2.05) is 24.3 Å². The fourth-order valence-electron chi connectivity index (χ4n) is 1.76. The van der Waals surface area contributed by atoms with Crippen LogP contribution in [0.3, 0.4) is 0 Å². The monoisotopic (exact) mass is 298 g/mol. The first kappa shape index (κ1) is 14.3. The Bertz CT molecular complexity index is 579. The molecule has 1 aromatic heterocycles. The van der Waals surface area contributed by atoms with Gasteiger partial charge < -0.3 is 15.3 Å². The second-order valence-corrected chi connectivity index (χ2v) is 6.15. The molecule has 1 aromatic carbocycles. The summed E-state index contributed by atoms with van der Waals surface area (Å²) in [5, 5.41) is 28.2. The number of aliphatic hydroxyl groups is 2. The van der Waals surface area contributed by atoms with Crippen LogP contribution in [-0.4, -0.2) is 39.8 Å². The molecule has 0 aliphatic carbocycles. The number of benzene rings is 1. The molecule has 0 aliphatic rings. The van der Waals surface area contributed by atoms with Crippen LogP contribution < -0.4 is 0 Å². The second-order valence-electron chi connectivity index (χ2n) is 4.06. The largest absolute Gasteiger partial charge is 0.477 e. The van der Waals surface area contributed by atoms with E-state index in [1.54, 1.807) is 0 Å². The highest BCUT2D eigenvalue weighted by atomic mass is 32.2. The molecular weight excluding hydrogens is 284 g/mol. The van der Waals surface area contributed by atoms with Crippen LogP contribution in [0.1, 0.15) is 15.2 Å². The fraction of sp³-hybridized carbons (Fsp3) is 0.308. The number of fused-ring (bicyclic) bond motifs is 1. The molecule has 0 saturated carbocycles. The third kappa shape index (κ3) is 3.27. The molecule has 1 heterocycles. The molecule has 3 N–H and O–H groups in total. The van der Waals surface area contributed by atoms with Gasteiger partial charge in [-0.25, -0.2) is 4.79 Å². The number of hydrogen-bond acceptors (Lipinski definition) is 5. The minimum atomic E-state index is -0.917. The van der Waals surface area contributed by atoms with E-state index in [0.29, 0.717) is 16.4 Å². The molecule has 0 spiro atoms. The van der Waals surface area contributed by atoms with Crippen LogP contribution >= 0.6 is 23.1 Å². The van der Waals surface area contributed by atoms with Crippen LogP contribution in [0.2, 0.25) is 0 Å². The lowest BCUT2D eigenvalue weighted by Crippen LogP contribution is -2.14. The molecule has 0 aliphatic heterocycles. The fourth-order valence-corrected chi connectivity index (χ4v) is 3.92. The number of hydrogen-bond donors (Lipinski definition) is 3. The normalized spacial score (nSPS) is 12.7. The molecule has 4 nitrogen and oxygen atoms in total. The maximum atomic E-state index is 11.3. The van der Waals surface area contributed by atoms with Gasteiger partial charge >= 0.3 is 5.97 Å². The standard InChI is InChI=1S/C13H14O4S2/c14-5-8(15)6-18-7-10-9-3-1-2-4-11(9)19-12(10)13(16)17/h1-4,8,14-15H,5-7H2,(H,16,17). The highest BCUT2D eigenvalue weighted by Gasteiger charge is 2.17.